The van der Waals surface area contributed by atoms with E-state index in [0.29, 0.717) is 35.2 Å². The molecule has 1 aliphatic heterocycles. The van der Waals surface area contributed by atoms with Gasteiger partial charge in [-0.2, -0.15) is 0 Å². The Bertz CT molecular complexity index is 1380. The van der Waals surface area contributed by atoms with Gasteiger partial charge in [0.05, 0.1) is 12.9 Å². The third kappa shape index (κ3) is 63.9. The summed E-state index contributed by atoms with van der Waals surface area (Å²) in [6.45, 7) is 36.4. The molecule has 85 heavy (non-hydrogen) atoms. The fraction of sp³-hybridized carbons (Fsp3) is 0.938. The highest BCUT2D eigenvalue weighted by molar-refractivity contribution is 5.81. The average molecular weight is 1200 g/mol. The molecule has 1 heterocycles. The lowest BCUT2D eigenvalue weighted by Gasteiger charge is -2.23. The number of ether oxygens (including phenoxy) is 1. The van der Waals surface area contributed by atoms with Crippen LogP contribution in [0.25, 0.3) is 0 Å². The molecular weight excluding hydrogens is 1040 g/mol. The fourth-order valence-corrected chi connectivity index (χ4v) is 11.9. The topological polar surface area (TPSA) is 63.7 Å². The maximum absolute atomic E-state index is 12.9. The highest BCUT2D eigenvalue weighted by Crippen LogP contribution is 2.31. The number of Topliss-reactive ketones (excluding diaryl/α,β-unsaturated/α-hetero) is 3. The predicted molar refractivity (Wildman–Crippen MR) is 381 cm³/mol. The van der Waals surface area contributed by atoms with Crippen LogP contribution in [0.2, 0.25) is 0 Å². The van der Waals surface area contributed by atoms with Crippen molar-refractivity contribution in [2.24, 2.45) is 35.5 Å². The van der Waals surface area contributed by atoms with Crippen LogP contribution in [-0.2, 0) is 19.1 Å². The fourth-order valence-electron chi connectivity index (χ4n) is 11.9. The van der Waals surface area contributed by atoms with Crippen molar-refractivity contribution in [3.05, 3.63) is 11.8 Å². The zero-order valence-corrected chi connectivity index (χ0v) is 61.2. The van der Waals surface area contributed by atoms with Gasteiger partial charge in [-0.1, -0.05) is 321 Å². The van der Waals surface area contributed by atoms with Crippen molar-refractivity contribution >= 4 is 17.3 Å². The Morgan fingerprint density at radius 3 is 1.27 bits per heavy atom. The van der Waals surface area contributed by atoms with Gasteiger partial charge in [0.1, 0.15) is 17.3 Å². The molecule has 1 saturated heterocycles. The Kier molecular flexibility index (Phi) is 70.6. The third-order valence-corrected chi connectivity index (χ3v) is 19.0. The van der Waals surface area contributed by atoms with Gasteiger partial charge in [0.25, 0.3) is 0 Å². The lowest BCUT2D eigenvalue weighted by molar-refractivity contribution is -0.124. The molecule has 6 unspecified atom stereocenters. The molecule has 0 N–H and O–H groups in total. The lowest BCUT2D eigenvalue weighted by Crippen LogP contribution is -2.28. The largest absolute Gasteiger partial charge is 0.501 e. The molecule has 0 radical (unpaired) electrons. The Balaban J connectivity index is -0.00000111. The van der Waals surface area contributed by atoms with Gasteiger partial charge in [-0.3, -0.25) is 9.59 Å². The van der Waals surface area contributed by atoms with Gasteiger partial charge in [0.15, 0.2) is 0 Å². The van der Waals surface area contributed by atoms with Crippen LogP contribution in [0.4, 0.5) is 0 Å². The van der Waals surface area contributed by atoms with E-state index in [1.165, 1.54) is 269 Å². The van der Waals surface area contributed by atoms with E-state index >= 15 is 0 Å². The maximum atomic E-state index is 12.9. The van der Waals surface area contributed by atoms with E-state index in [9.17, 15) is 14.4 Å². The molecular formula is C80H159NO4. The molecule has 0 aromatic carbocycles. The summed E-state index contributed by atoms with van der Waals surface area (Å²) < 4.78 is 5.56. The molecule has 5 nitrogen and oxygen atoms in total. The molecule has 508 valence electrons. The zero-order chi connectivity index (χ0) is 63.8. The van der Waals surface area contributed by atoms with Crippen molar-refractivity contribution in [2.75, 3.05) is 19.7 Å². The van der Waals surface area contributed by atoms with Crippen molar-refractivity contribution < 1.29 is 19.1 Å². The van der Waals surface area contributed by atoms with Crippen molar-refractivity contribution in [1.29, 1.82) is 0 Å². The summed E-state index contributed by atoms with van der Waals surface area (Å²) in [5.41, 5.74) is 1.47. The molecule has 6 atom stereocenters. The minimum absolute atomic E-state index is 0.229. The standard InChI is InChI=1S/C31H58O2.C19H35NO2.C15H32.C11H24.C4H10/c1-4-6-8-10-13-17-21-30(22-18-14-11-9-7-5-2)28(3)31(32)23-19-15-12-16-20-26-33-27-29-24-25-29;1-5-9-19(22)15(2)12-18-13-16(3)20(14-18)11-8-6-7-10-17(4)21;1-4-6-7-8-9-10-11-12-13-14-15(3)5-2;1-4-6-7-8-9-10-11(3)5-2;1-3-4-2/h27-28,30H,4-26H2,1-3H3;15-16,18H,5-14H2,1-4H3;15H,4-14H2,1-3H3;11H,4-10H2,1-3H3;3-4H2,1-2H3. The third-order valence-electron chi connectivity index (χ3n) is 19.0. The molecule has 2 aliphatic rings. The zero-order valence-electron chi connectivity index (χ0n) is 61.2. The number of hydrogen-bond donors (Lipinski definition) is 0. The van der Waals surface area contributed by atoms with Gasteiger partial charge in [-0.05, 0) is 120 Å². The Labute approximate surface area is 536 Å². The monoisotopic (exact) mass is 1200 g/mol. The Morgan fingerprint density at radius 2 is 0.859 bits per heavy atom. The number of hydrogen-bond acceptors (Lipinski definition) is 5. The Hall–Kier alpha value is -1.49. The molecule has 0 spiro atoms. The first-order valence-corrected chi connectivity index (χ1v) is 38.7. The first-order chi connectivity index (χ1) is 41.2. The summed E-state index contributed by atoms with van der Waals surface area (Å²) in [4.78, 5) is 38.4. The molecule has 1 aliphatic carbocycles. The average Bonchev–Trinajstić information content (AvgIpc) is 4.46. The number of rotatable bonds is 55. The second-order valence-electron chi connectivity index (χ2n) is 28.0. The van der Waals surface area contributed by atoms with Crippen LogP contribution < -0.4 is 0 Å². The van der Waals surface area contributed by atoms with Crippen LogP contribution in [0.5, 0.6) is 0 Å². The highest BCUT2D eigenvalue weighted by atomic mass is 16.5. The molecule has 1 saturated carbocycles. The van der Waals surface area contributed by atoms with Crippen LogP contribution in [0.1, 0.15) is 425 Å². The number of carbonyl (C=O) groups is 3. The van der Waals surface area contributed by atoms with E-state index in [0.717, 1.165) is 89.3 Å². The summed E-state index contributed by atoms with van der Waals surface area (Å²) in [5, 5.41) is 0. The van der Waals surface area contributed by atoms with E-state index in [2.05, 4.69) is 102 Å². The van der Waals surface area contributed by atoms with E-state index in [1.54, 1.807) is 6.92 Å². The van der Waals surface area contributed by atoms with Gasteiger partial charge in [0, 0.05) is 43.7 Å². The van der Waals surface area contributed by atoms with Crippen molar-refractivity contribution in [3.8, 4) is 0 Å². The molecule has 0 aromatic heterocycles. The van der Waals surface area contributed by atoms with Crippen LogP contribution in [0, 0.1) is 35.5 Å². The van der Waals surface area contributed by atoms with Crippen LogP contribution in [0.3, 0.4) is 0 Å². The number of carbonyl (C=O) groups excluding carboxylic acids is 3. The first kappa shape index (κ1) is 87.7. The molecule has 2 rings (SSSR count). The molecule has 0 amide bonds. The van der Waals surface area contributed by atoms with Crippen molar-refractivity contribution in [2.45, 2.75) is 431 Å². The van der Waals surface area contributed by atoms with Crippen molar-refractivity contribution in [1.82, 2.24) is 4.90 Å². The number of ketones is 3. The SMILES string of the molecule is CCCC.CCCC(=O)C(C)CC1CC(C)N(CCCCCC(C)=O)C1.CCCCCCCC(C)CC.CCCCCCCCC(CCCCCCCC)C(C)C(=O)CCCCCCCOC=C1CC1.CCCCCCCCCCCC(C)CC. The lowest BCUT2D eigenvalue weighted by atomic mass is 9.81. The molecule has 0 bridgehead atoms. The number of nitrogens with zero attached hydrogens (tertiary/aromatic N) is 1. The van der Waals surface area contributed by atoms with Gasteiger partial charge < -0.3 is 14.4 Å². The molecule has 5 heteroatoms. The summed E-state index contributed by atoms with van der Waals surface area (Å²) >= 11 is 0. The van der Waals surface area contributed by atoms with Gasteiger partial charge in [-0.25, -0.2) is 0 Å². The van der Waals surface area contributed by atoms with E-state index in [-0.39, 0.29) is 11.8 Å². The Morgan fingerprint density at radius 1 is 0.459 bits per heavy atom. The predicted octanol–water partition coefficient (Wildman–Crippen LogP) is 26.7. The number of likely N-dealkylation sites (tertiary alicyclic amines) is 1. The summed E-state index contributed by atoms with van der Waals surface area (Å²) in [6, 6.07) is 0.645. The summed E-state index contributed by atoms with van der Waals surface area (Å²) in [6.07, 6.45) is 66.5. The van der Waals surface area contributed by atoms with Crippen molar-refractivity contribution in [3.63, 3.8) is 0 Å². The maximum Gasteiger partial charge on any atom is 0.135 e. The smallest absolute Gasteiger partial charge is 0.135 e. The molecule has 2 fully saturated rings. The summed E-state index contributed by atoms with van der Waals surface area (Å²) in [5.74, 6) is 4.99. The normalized spacial score (nSPS) is 15.9. The van der Waals surface area contributed by atoms with E-state index in [4.69, 9.17) is 4.74 Å². The first-order valence-electron chi connectivity index (χ1n) is 38.7. The van der Waals surface area contributed by atoms with Crippen LogP contribution >= 0.6 is 0 Å². The minimum Gasteiger partial charge on any atom is -0.501 e. The molecule has 0 aromatic rings. The van der Waals surface area contributed by atoms with Gasteiger partial charge in [0.2, 0.25) is 0 Å². The summed E-state index contributed by atoms with van der Waals surface area (Å²) in [7, 11) is 0. The second kappa shape index (κ2) is 68.4. The van der Waals surface area contributed by atoms with Crippen LogP contribution in [-0.4, -0.2) is 48.0 Å². The highest BCUT2D eigenvalue weighted by Gasteiger charge is 2.30. The second-order valence-corrected chi connectivity index (χ2v) is 28.0. The minimum atomic E-state index is 0.229. The van der Waals surface area contributed by atoms with E-state index < -0.39 is 0 Å². The van der Waals surface area contributed by atoms with Gasteiger partial charge in [-0.15, -0.1) is 0 Å². The number of unbranched alkanes of at least 4 members (excludes halogenated alkanes) is 29. The van der Waals surface area contributed by atoms with Crippen LogP contribution in [0.15, 0.2) is 11.8 Å². The van der Waals surface area contributed by atoms with Gasteiger partial charge >= 0.3 is 0 Å². The number of allylic oxidation sites excluding steroid dienone is 1. The van der Waals surface area contributed by atoms with E-state index in [1.807, 2.05) is 6.26 Å². The quantitative estimate of drug-likeness (QED) is 0.0449.